The number of rotatable bonds is 0. The zero-order chi connectivity index (χ0) is 21.5. The summed E-state index contributed by atoms with van der Waals surface area (Å²) in [6.07, 6.45) is 0. The Balaban J connectivity index is 1.88. The molecule has 0 aliphatic rings. The summed E-state index contributed by atoms with van der Waals surface area (Å²) in [6.45, 7) is 0. The number of hydrogen-bond acceptors (Lipinski definition) is 1. The van der Waals surface area contributed by atoms with E-state index in [-0.39, 0.29) is 0 Å². The molecule has 2 aromatic heterocycles. The third kappa shape index (κ3) is 2.10. The van der Waals surface area contributed by atoms with Gasteiger partial charge in [-0.05, 0) is 50.5 Å². The highest BCUT2D eigenvalue weighted by Gasteiger charge is 2.19. The Labute approximate surface area is 189 Å². The van der Waals surface area contributed by atoms with Gasteiger partial charge in [-0.3, -0.25) is 4.40 Å². The molecule has 8 rings (SSSR count). The van der Waals surface area contributed by atoms with Crippen molar-refractivity contribution in [1.82, 2.24) is 9.38 Å². The quantitative estimate of drug-likeness (QED) is 0.227. The monoisotopic (exact) mass is 418 g/mol. The molecule has 0 spiro atoms. The van der Waals surface area contributed by atoms with E-state index in [4.69, 9.17) is 4.98 Å². The van der Waals surface area contributed by atoms with Gasteiger partial charge in [0, 0.05) is 16.2 Å². The fourth-order valence-electron chi connectivity index (χ4n) is 5.78. The number of imidazole rings is 1. The molecule has 0 radical (unpaired) electrons. The normalized spacial score (nSPS) is 12.2. The van der Waals surface area contributed by atoms with E-state index >= 15 is 0 Å². The average molecular weight is 418 g/mol. The van der Waals surface area contributed by atoms with Crippen LogP contribution in [-0.4, -0.2) is 9.38 Å². The van der Waals surface area contributed by atoms with Gasteiger partial charge in [0.1, 0.15) is 5.65 Å². The molecule has 8 aromatic rings. The van der Waals surface area contributed by atoms with Crippen molar-refractivity contribution >= 4 is 70.7 Å². The van der Waals surface area contributed by atoms with Crippen LogP contribution in [-0.2, 0) is 0 Å². The minimum atomic E-state index is 1.02. The zero-order valence-corrected chi connectivity index (χ0v) is 17.8. The fourth-order valence-corrected chi connectivity index (χ4v) is 5.78. The topological polar surface area (TPSA) is 17.3 Å². The Hall–Kier alpha value is -4.43. The Morgan fingerprint density at radius 1 is 0.424 bits per heavy atom. The Bertz CT molecular complexity index is 2080. The molecular weight excluding hydrogens is 400 g/mol. The van der Waals surface area contributed by atoms with Gasteiger partial charge in [0.25, 0.3) is 0 Å². The van der Waals surface area contributed by atoms with Crippen LogP contribution >= 0.6 is 0 Å². The Morgan fingerprint density at radius 2 is 1.03 bits per heavy atom. The SMILES string of the molecule is c1ccc2c(c1)ccc1c2c2c3ccccc3c3ccccc3c2c2nc3ccccc3n12. The molecule has 6 aromatic carbocycles. The lowest BCUT2D eigenvalue weighted by molar-refractivity contribution is 1.32. The van der Waals surface area contributed by atoms with E-state index in [0.717, 1.165) is 16.7 Å². The van der Waals surface area contributed by atoms with E-state index in [1.165, 1.54) is 54.0 Å². The van der Waals surface area contributed by atoms with Crippen molar-refractivity contribution in [1.29, 1.82) is 0 Å². The molecule has 2 nitrogen and oxygen atoms in total. The van der Waals surface area contributed by atoms with Crippen LogP contribution in [0.15, 0.2) is 109 Å². The first kappa shape index (κ1) is 17.2. The lowest BCUT2D eigenvalue weighted by atomic mass is 9.91. The molecule has 2 heterocycles. The van der Waals surface area contributed by atoms with Crippen LogP contribution in [0.25, 0.3) is 70.7 Å². The average Bonchev–Trinajstić information content (AvgIpc) is 3.28. The molecule has 0 unspecified atom stereocenters. The summed E-state index contributed by atoms with van der Waals surface area (Å²) in [5, 5.41) is 11.4. The number of fused-ring (bicyclic) bond motifs is 15. The predicted octanol–water partition coefficient (Wildman–Crippen LogP) is 8.25. The Kier molecular flexibility index (Phi) is 3.16. The van der Waals surface area contributed by atoms with Crippen molar-refractivity contribution in [3.8, 4) is 0 Å². The number of para-hydroxylation sites is 2. The maximum Gasteiger partial charge on any atom is 0.147 e. The Morgan fingerprint density at radius 3 is 1.82 bits per heavy atom. The fraction of sp³-hybridized carbons (Fsp3) is 0. The number of nitrogens with zero attached hydrogens (tertiary/aromatic N) is 2. The van der Waals surface area contributed by atoms with Gasteiger partial charge in [-0.25, -0.2) is 4.98 Å². The first-order chi connectivity index (χ1) is 16.4. The number of hydrogen-bond donors (Lipinski definition) is 0. The number of benzene rings is 6. The van der Waals surface area contributed by atoms with Gasteiger partial charge in [-0.15, -0.1) is 0 Å². The molecule has 33 heavy (non-hydrogen) atoms. The van der Waals surface area contributed by atoms with Crippen molar-refractivity contribution in [3.05, 3.63) is 109 Å². The van der Waals surface area contributed by atoms with Gasteiger partial charge in [0.2, 0.25) is 0 Å². The molecule has 0 amide bonds. The second-order valence-electron chi connectivity index (χ2n) is 8.78. The third-order valence-electron chi connectivity index (χ3n) is 7.12. The van der Waals surface area contributed by atoms with E-state index in [9.17, 15) is 0 Å². The molecule has 0 saturated carbocycles. The van der Waals surface area contributed by atoms with Crippen molar-refractivity contribution in [3.63, 3.8) is 0 Å². The zero-order valence-electron chi connectivity index (χ0n) is 17.8. The molecule has 0 aliphatic heterocycles. The van der Waals surface area contributed by atoms with Gasteiger partial charge in [-0.2, -0.15) is 0 Å². The molecule has 0 bridgehead atoms. The second-order valence-corrected chi connectivity index (χ2v) is 8.78. The maximum absolute atomic E-state index is 5.19. The summed E-state index contributed by atoms with van der Waals surface area (Å²) in [7, 11) is 0. The largest absolute Gasteiger partial charge is 0.292 e. The van der Waals surface area contributed by atoms with Crippen LogP contribution in [0.3, 0.4) is 0 Å². The summed E-state index contributed by atoms with van der Waals surface area (Å²) >= 11 is 0. The highest BCUT2D eigenvalue weighted by molar-refractivity contribution is 6.37. The minimum Gasteiger partial charge on any atom is -0.292 e. The number of pyridine rings is 1. The molecule has 0 atom stereocenters. The first-order valence-corrected chi connectivity index (χ1v) is 11.3. The van der Waals surface area contributed by atoms with Gasteiger partial charge in [0.15, 0.2) is 0 Å². The van der Waals surface area contributed by atoms with Crippen LogP contribution in [0.5, 0.6) is 0 Å². The van der Waals surface area contributed by atoms with Crippen LogP contribution in [0.1, 0.15) is 0 Å². The molecule has 2 heteroatoms. The van der Waals surface area contributed by atoms with E-state index in [0.29, 0.717) is 0 Å². The molecule has 0 aliphatic carbocycles. The minimum absolute atomic E-state index is 1.02. The van der Waals surface area contributed by atoms with Crippen molar-refractivity contribution in [2.75, 3.05) is 0 Å². The summed E-state index contributed by atoms with van der Waals surface area (Å²) in [6, 6.07) is 39.3. The van der Waals surface area contributed by atoms with Gasteiger partial charge in [0.05, 0.1) is 16.6 Å². The van der Waals surface area contributed by atoms with Crippen LogP contribution in [0.4, 0.5) is 0 Å². The van der Waals surface area contributed by atoms with Gasteiger partial charge in [-0.1, -0.05) is 91.0 Å². The second kappa shape index (κ2) is 6.08. The van der Waals surface area contributed by atoms with E-state index in [1.54, 1.807) is 0 Å². The predicted molar refractivity (Wildman–Crippen MR) is 140 cm³/mol. The maximum atomic E-state index is 5.19. The molecular formula is C31H18N2. The lowest BCUT2D eigenvalue weighted by Gasteiger charge is -2.16. The van der Waals surface area contributed by atoms with E-state index in [2.05, 4.69) is 114 Å². The van der Waals surface area contributed by atoms with Crippen molar-refractivity contribution in [2.24, 2.45) is 0 Å². The van der Waals surface area contributed by atoms with Crippen LogP contribution in [0, 0.1) is 0 Å². The van der Waals surface area contributed by atoms with Gasteiger partial charge >= 0.3 is 0 Å². The van der Waals surface area contributed by atoms with Crippen molar-refractivity contribution in [2.45, 2.75) is 0 Å². The highest BCUT2D eigenvalue weighted by atomic mass is 15.0. The summed E-state index contributed by atoms with van der Waals surface area (Å²) < 4.78 is 2.36. The molecule has 0 fully saturated rings. The van der Waals surface area contributed by atoms with Crippen molar-refractivity contribution < 1.29 is 0 Å². The standard InChI is InChI=1S/C31H18N2/c1-2-10-20-19(9-1)17-18-27-28(20)29-23-13-5-3-11-21(23)22-12-4-6-14-24(22)30(29)31-32-25-15-7-8-16-26(25)33(27)31/h1-18H. The summed E-state index contributed by atoms with van der Waals surface area (Å²) in [4.78, 5) is 5.19. The van der Waals surface area contributed by atoms with Gasteiger partial charge < -0.3 is 0 Å². The lowest BCUT2D eigenvalue weighted by Crippen LogP contribution is -1.94. The summed E-state index contributed by atoms with van der Waals surface area (Å²) in [5.41, 5.74) is 4.39. The summed E-state index contributed by atoms with van der Waals surface area (Å²) in [5.74, 6) is 0. The van der Waals surface area contributed by atoms with E-state index < -0.39 is 0 Å². The smallest absolute Gasteiger partial charge is 0.147 e. The third-order valence-corrected chi connectivity index (χ3v) is 7.12. The van der Waals surface area contributed by atoms with E-state index in [1.807, 2.05) is 0 Å². The number of aromatic nitrogens is 2. The first-order valence-electron chi connectivity index (χ1n) is 11.3. The van der Waals surface area contributed by atoms with Crippen LogP contribution in [0.2, 0.25) is 0 Å². The molecule has 152 valence electrons. The van der Waals surface area contributed by atoms with Crippen LogP contribution < -0.4 is 0 Å². The molecule has 0 saturated heterocycles. The highest BCUT2D eigenvalue weighted by Crippen LogP contribution is 2.43. The molecule has 0 N–H and O–H groups in total.